The van der Waals surface area contributed by atoms with Crippen LogP contribution in [0.5, 0.6) is 0 Å². The minimum Gasteiger partial charge on any atom is -0.480 e. The lowest BCUT2D eigenvalue weighted by Crippen LogP contribution is -2.42. The number of hydrogen-bond acceptors (Lipinski definition) is 4. The fourth-order valence-corrected chi connectivity index (χ4v) is 2.81. The van der Waals surface area contributed by atoms with E-state index in [1.54, 1.807) is 0 Å². The Morgan fingerprint density at radius 2 is 2.00 bits per heavy atom. The van der Waals surface area contributed by atoms with E-state index in [1.807, 2.05) is 18.2 Å². The number of rotatable bonds is 8. The highest BCUT2D eigenvalue weighted by Crippen LogP contribution is 2.06. The predicted octanol–water partition coefficient (Wildman–Crippen LogP) is 1.82. The largest absolute Gasteiger partial charge is 0.480 e. The summed E-state index contributed by atoms with van der Waals surface area (Å²) < 4.78 is 0.546. The zero-order valence-corrected chi connectivity index (χ0v) is 14.0. The zero-order valence-electron chi connectivity index (χ0n) is 12.4. The van der Waals surface area contributed by atoms with Crippen molar-refractivity contribution in [1.29, 1.82) is 0 Å². The van der Waals surface area contributed by atoms with E-state index in [9.17, 15) is 9.59 Å². The first-order valence-corrected chi connectivity index (χ1v) is 8.33. The lowest BCUT2D eigenvalue weighted by atomic mass is 10.1. The van der Waals surface area contributed by atoms with Crippen LogP contribution in [0.25, 0.3) is 0 Å². The maximum atomic E-state index is 11.0. The first-order chi connectivity index (χ1) is 10.5. The molecular weight excluding hydrogens is 320 g/mol. The molecule has 0 radical (unpaired) electrons. The number of thioether (sulfide) groups is 1. The van der Waals surface area contributed by atoms with Crippen LogP contribution in [-0.4, -0.2) is 39.6 Å². The number of benzene rings is 1. The Morgan fingerprint density at radius 3 is 2.59 bits per heavy atom. The summed E-state index contributed by atoms with van der Waals surface area (Å²) in [5.41, 5.74) is 1.28. The van der Waals surface area contributed by atoms with Crippen LogP contribution in [0, 0.1) is 0 Å². The second-order valence-electron chi connectivity index (χ2n) is 4.71. The molecule has 120 valence electrons. The summed E-state index contributed by atoms with van der Waals surface area (Å²) in [4.78, 5) is 21.9. The summed E-state index contributed by atoms with van der Waals surface area (Å²) in [7, 11) is 0. The second kappa shape index (κ2) is 10.2. The molecule has 22 heavy (non-hydrogen) atoms. The molecule has 7 heteroatoms. The molecule has 1 aromatic carbocycles. The lowest BCUT2D eigenvalue weighted by molar-refractivity contribution is -0.140. The van der Waals surface area contributed by atoms with E-state index in [-0.39, 0.29) is 11.7 Å². The van der Waals surface area contributed by atoms with Gasteiger partial charge in [0, 0.05) is 19.2 Å². The number of thiocarbonyl (C=S) groups is 1. The molecule has 0 spiro atoms. The highest BCUT2D eigenvalue weighted by molar-refractivity contribution is 8.23. The predicted molar refractivity (Wildman–Crippen MR) is 93.1 cm³/mol. The number of aryl methyl sites for hydroxylation is 1. The van der Waals surface area contributed by atoms with Gasteiger partial charge in [-0.2, -0.15) is 0 Å². The van der Waals surface area contributed by atoms with Crippen molar-refractivity contribution in [2.45, 2.75) is 25.8 Å². The van der Waals surface area contributed by atoms with Gasteiger partial charge in [-0.3, -0.25) is 4.79 Å². The molecule has 5 nitrogen and oxygen atoms in total. The van der Waals surface area contributed by atoms with Crippen LogP contribution in [0.1, 0.15) is 18.9 Å². The molecule has 0 fully saturated rings. The van der Waals surface area contributed by atoms with Gasteiger partial charge < -0.3 is 15.7 Å². The van der Waals surface area contributed by atoms with E-state index in [1.165, 1.54) is 24.2 Å². The Kier molecular flexibility index (Phi) is 8.54. The number of nitrogens with one attached hydrogen (secondary N) is 2. The van der Waals surface area contributed by atoms with Gasteiger partial charge in [0.05, 0.1) is 0 Å². The summed E-state index contributed by atoms with van der Waals surface area (Å²) in [6, 6.07) is 9.25. The van der Waals surface area contributed by atoms with E-state index >= 15 is 0 Å². The number of amides is 1. The third kappa shape index (κ3) is 7.99. The summed E-state index contributed by atoms with van der Waals surface area (Å²) in [6.45, 7) is 2.03. The van der Waals surface area contributed by atoms with E-state index in [0.717, 1.165) is 19.4 Å². The average molecular weight is 340 g/mol. The van der Waals surface area contributed by atoms with Gasteiger partial charge in [-0.15, -0.1) is 0 Å². The molecule has 3 N–H and O–H groups in total. The molecule has 0 saturated carbocycles. The first-order valence-electron chi connectivity index (χ1n) is 6.93. The van der Waals surface area contributed by atoms with Crippen molar-refractivity contribution in [2.75, 3.05) is 12.3 Å². The Balaban J connectivity index is 2.19. The second-order valence-corrected chi connectivity index (χ2v) is 6.40. The Bertz CT molecular complexity index is 509. The van der Waals surface area contributed by atoms with Crippen LogP contribution in [0.2, 0.25) is 0 Å². The quantitative estimate of drug-likeness (QED) is 0.495. The van der Waals surface area contributed by atoms with Crippen molar-refractivity contribution in [1.82, 2.24) is 10.6 Å². The van der Waals surface area contributed by atoms with E-state index in [0.29, 0.717) is 4.32 Å². The fraction of sp³-hybridized carbons (Fsp3) is 0.400. The molecule has 1 unspecified atom stereocenters. The normalized spacial score (nSPS) is 11.5. The number of carboxylic acids is 1. The van der Waals surface area contributed by atoms with Crippen LogP contribution in [0.15, 0.2) is 30.3 Å². The molecule has 0 aromatic heterocycles. The number of aliphatic carboxylic acids is 1. The van der Waals surface area contributed by atoms with Crippen LogP contribution < -0.4 is 10.6 Å². The topological polar surface area (TPSA) is 78.4 Å². The van der Waals surface area contributed by atoms with E-state index in [4.69, 9.17) is 17.3 Å². The number of hydrogen-bond donors (Lipinski definition) is 3. The van der Waals surface area contributed by atoms with Gasteiger partial charge in [0.2, 0.25) is 5.91 Å². The van der Waals surface area contributed by atoms with E-state index in [2.05, 4.69) is 22.8 Å². The van der Waals surface area contributed by atoms with Gasteiger partial charge in [0.25, 0.3) is 0 Å². The Labute approximate surface area is 139 Å². The molecule has 0 aliphatic carbocycles. The molecule has 1 rings (SSSR count). The summed E-state index contributed by atoms with van der Waals surface area (Å²) in [5.74, 6) is -1.22. The van der Waals surface area contributed by atoms with Crippen molar-refractivity contribution in [3.63, 3.8) is 0 Å². The Morgan fingerprint density at radius 1 is 1.32 bits per heavy atom. The van der Waals surface area contributed by atoms with Gasteiger partial charge in [-0.05, 0) is 18.4 Å². The van der Waals surface area contributed by atoms with Gasteiger partial charge in [0.1, 0.15) is 10.4 Å². The smallest absolute Gasteiger partial charge is 0.327 e. The van der Waals surface area contributed by atoms with Crippen molar-refractivity contribution in [3.8, 4) is 0 Å². The number of carboxylic acid groups (broad SMARTS) is 1. The minimum absolute atomic E-state index is 0.208. The zero-order chi connectivity index (χ0) is 16.4. The van der Waals surface area contributed by atoms with Gasteiger partial charge in [0.15, 0.2) is 0 Å². The minimum atomic E-state index is -1.06. The first kappa shape index (κ1) is 18.4. The molecule has 1 atom stereocenters. The third-order valence-corrected chi connectivity index (χ3v) is 4.22. The van der Waals surface area contributed by atoms with E-state index < -0.39 is 12.0 Å². The van der Waals surface area contributed by atoms with Gasteiger partial charge in [-0.25, -0.2) is 4.79 Å². The maximum Gasteiger partial charge on any atom is 0.327 e. The fourth-order valence-electron chi connectivity index (χ4n) is 1.76. The van der Waals surface area contributed by atoms with Crippen molar-refractivity contribution < 1.29 is 14.7 Å². The summed E-state index contributed by atoms with van der Waals surface area (Å²) in [5, 5.41) is 14.4. The number of carbonyl (C=O) groups excluding carboxylic acids is 1. The third-order valence-electron chi connectivity index (χ3n) is 2.81. The Hall–Kier alpha value is -1.60. The summed E-state index contributed by atoms with van der Waals surface area (Å²) in [6.07, 6.45) is 1.91. The average Bonchev–Trinajstić information content (AvgIpc) is 2.48. The SMILES string of the molecule is CC(=O)NC(CSC(=S)NCCCc1ccccc1)C(=O)O. The highest BCUT2D eigenvalue weighted by Gasteiger charge is 2.18. The highest BCUT2D eigenvalue weighted by atomic mass is 32.2. The molecular formula is C15H20N2O3S2. The molecule has 0 saturated heterocycles. The maximum absolute atomic E-state index is 11.0. The molecule has 1 amide bonds. The molecule has 0 bridgehead atoms. The van der Waals surface area contributed by atoms with Gasteiger partial charge >= 0.3 is 5.97 Å². The monoisotopic (exact) mass is 340 g/mol. The molecule has 1 aromatic rings. The van der Waals surface area contributed by atoms with Gasteiger partial charge in [-0.1, -0.05) is 54.3 Å². The van der Waals surface area contributed by atoms with Crippen molar-refractivity contribution in [3.05, 3.63) is 35.9 Å². The molecule has 0 aliphatic rings. The standard InChI is InChI=1S/C15H20N2O3S2/c1-11(18)17-13(14(19)20)10-22-15(21)16-9-5-8-12-6-3-2-4-7-12/h2-4,6-7,13H,5,8-10H2,1H3,(H,16,21)(H,17,18)(H,19,20). The van der Waals surface area contributed by atoms with Crippen LogP contribution in [-0.2, 0) is 16.0 Å². The molecule has 0 heterocycles. The number of carbonyl (C=O) groups is 2. The summed E-state index contributed by atoms with van der Waals surface area (Å²) >= 11 is 6.37. The van der Waals surface area contributed by atoms with Crippen molar-refractivity contribution >= 4 is 40.2 Å². The van der Waals surface area contributed by atoms with Crippen molar-refractivity contribution in [2.24, 2.45) is 0 Å². The van der Waals surface area contributed by atoms with Crippen LogP contribution in [0.4, 0.5) is 0 Å². The lowest BCUT2D eigenvalue weighted by Gasteiger charge is -2.13. The van der Waals surface area contributed by atoms with Crippen LogP contribution in [0.3, 0.4) is 0 Å². The van der Waals surface area contributed by atoms with Crippen LogP contribution >= 0.6 is 24.0 Å². The molecule has 0 aliphatic heterocycles.